The van der Waals surface area contributed by atoms with E-state index in [4.69, 9.17) is 9.84 Å². The van der Waals surface area contributed by atoms with Gasteiger partial charge < -0.3 is 14.4 Å². The van der Waals surface area contributed by atoms with Crippen LogP contribution < -0.4 is 10.3 Å². The molecule has 1 aromatic carbocycles. The molecule has 0 radical (unpaired) electrons. The number of aryl methyl sites for hydroxylation is 1. The lowest BCUT2D eigenvalue weighted by Gasteiger charge is -2.13. The molecule has 0 bridgehead atoms. The van der Waals surface area contributed by atoms with Crippen molar-refractivity contribution in [2.45, 2.75) is 13.5 Å². The van der Waals surface area contributed by atoms with Crippen molar-refractivity contribution in [1.82, 2.24) is 4.57 Å². The first-order chi connectivity index (χ1) is 10.5. The average molecular weight is 298 g/mol. The molecule has 6 nitrogen and oxygen atoms in total. The van der Waals surface area contributed by atoms with E-state index in [1.807, 2.05) is 6.92 Å². The molecule has 0 saturated carbocycles. The van der Waals surface area contributed by atoms with Gasteiger partial charge >= 0.3 is 5.97 Å². The van der Waals surface area contributed by atoms with Crippen molar-refractivity contribution >= 4 is 5.97 Å². The Morgan fingerprint density at radius 3 is 2.68 bits per heavy atom. The SMILES string of the molecule is COc1cn(CC(=O)O)c(=O)cc1-c1cc(C)ccc1C#N. The molecule has 0 aliphatic heterocycles. The number of ether oxygens (including phenoxy) is 1. The lowest BCUT2D eigenvalue weighted by Crippen LogP contribution is -2.23. The predicted octanol–water partition coefficient (Wildman–Crippen LogP) is 1.79. The van der Waals surface area contributed by atoms with Crippen LogP contribution in [0, 0.1) is 18.3 Å². The van der Waals surface area contributed by atoms with E-state index >= 15 is 0 Å². The summed E-state index contributed by atoms with van der Waals surface area (Å²) in [5.41, 5.74) is 1.93. The number of aromatic nitrogens is 1. The summed E-state index contributed by atoms with van der Waals surface area (Å²) in [4.78, 5) is 22.8. The Morgan fingerprint density at radius 1 is 1.36 bits per heavy atom. The Bertz CT molecular complexity index is 831. The molecule has 6 heteroatoms. The topological polar surface area (TPSA) is 92.3 Å². The minimum absolute atomic E-state index is 0.336. The highest BCUT2D eigenvalue weighted by molar-refractivity contribution is 5.76. The number of hydrogen-bond acceptors (Lipinski definition) is 4. The second-order valence-electron chi connectivity index (χ2n) is 4.78. The summed E-state index contributed by atoms with van der Waals surface area (Å²) >= 11 is 0. The van der Waals surface area contributed by atoms with Crippen LogP contribution in [0.25, 0.3) is 11.1 Å². The number of pyridine rings is 1. The molecule has 0 fully saturated rings. The van der Waals surface area contributed by atoms with Crippen LogP contribution in [0.15, 0.2) is 35.3 Å². The Hall–Kier alpha value is -3.07. The van der Waals surface area contributed by atoms with Gasteiger partial charge in [0.2, 0.25) is 0 Å². The van der Waals surface area contributed by atoms with Gasteiger partial charge in [-0.15, -0.1) is 0 Å². The van der Waals surface area contributed by atoms with Gasteiger partial charge in [-0.3, -0.25) is 9.59 Å². The fourth-order valence-corrected chi connectivity index (χ4v) is 2.17. The molecule has 0 amide bonds. The van der Waals surface area contributed by atoms with Crippen molar-refractivity contribution in [1.29, 1.82) is 5.26 Å². The predicted molar refractivity (Wildman–Crippen MR) is 79.8 cm³/mol. The molecule has 1 aromatic heterocycles. The van der Waals surface area contributed by atoms with Crippen LogP contribution in [-0.4, -0.2) is 22.8 Å². The number of methoxy groups -OCH3 is 1. The van der Waals surface area contributed by atoms with E-state index in [1.165, 1.54) is 19.4 Å². The zero-order valence-corrected chi connectivity index (χ0v) is 12.2. The summed E-state index contributed by atoms with van der Waals surface area (Å²) in [7, 11) is 1.43. The van der Waals surface area contributed by atoms with Crippen molar-refractivity contribution in [3.05, 3.63) is 51.9 Å². The van der Waals surface area contributed by atoms with Gasteiger partial charge in [-0.25, -0.2) is 0 Å². The number of carboxylic acid groups (broad SMARTS) is 1. The Kier molecular flexibility index (Phi) is 4.28. The van der Waals surface area contributed by atoms with Crippen LogP contribution in [0.2, 0.25) is 0 Å². The summed E-state index contributed by atoms with van der Waals surface area (Å²) in [5, 5.41) is 18.0. The van der Waals surface area contributed by atoms with Gasteiger partial charge in [0.25, 0.3) is 5.56 Å². The molecule has 22 heavy (non-hydrogen) atoms. The van der Waals surface area contributed by atoms with Crippen LogP contribution in [0.3, 0.4) is 0 Å². The first-order valence-corrected chi connectivity index (χ1v) is 6.47. The van der Waals surface area contributed by atoms with E-state index < -0.39 is 18.1 Å². The quantitative estimate of drug-likeness (QED) is 0.929. The second-order valence-corrected chi connectivity index (χ2v) is 4.78. The smallest absolute Gasteiger partial charge is 0.323 e. The van der Waals surface area contributed by atoms with Gasteiger partial charge in [-0.05, 0) is 19.1 Å². The minimum Gasteiger partial charge on any atom is -0.495 e. The first-order valence-electron chi connectivity index (χ1n) is 6.47. The van der Waals surface area contributed by atoms with Gasteiger partial charge in [0.1, 0.15) is 12.3 Å². The third-order valence-electron chi connectivity index (χ3n) is 3.20. The highest BCUT2D eigenvalue weighted by Crippen LogP contribution is 2.31. The molecule has 2 aromatic rings. The van der Waals surface area contributed by atoms with Crippen LogP contribution >= 0.6 is 0 Å². The monoisotopic (exact) mass is 298 g/mol. The maximum atomic E-state index is 12.1. The molecule has 1 heterocycles. The summed E-state index contributed by atoms with van der Waals surface area (Å²) in [6.07, 6.45) is 1.34. The normalized spacial score (nSPS) is 10.0. The number of rotatable bonds is 4. The number of benzene rings is 1. The second kappa shape index (κ2) is 6.14. The fraction of sp³-hybridized carbons (Fsp3) is 0.188. The third kappa shape index (κ3) is 2.99. The summed E-state index contributed by atoms with van der Waals surface area (Å²) in [6, 6.07) is 8.64. The third-order valence-corrected chi connectivity index (χ3v) is 3.20. The summed E-state index contributed by atoms with van der Waals surface area (Å²) in [5.74, 6) is -0.784. The van der Waals surface area contributed by atoms with Gasteiger partial charge in [0, 0.05) is 17.2 Å². The molecule has 0 unspecified atom stereocenters. The Labute approximate surface area is 126 Å². The molecule has 0 spiro atoms. The molecule has 0 atom stereocenters. The van der Waals surface area contributed by atoms with Crippen molar-refractivity contribution in [2.24, 2.45) is 0 Å². The van der Waals surface area contributed by atoms with E-state index in [0.717, 1.165) is 10.1 Å². The molecule has 2 rings (SSSR count). The summed E-state index contributed by atoms with van der Waals surface area (Å²) in [6.45, 7) is 1.43. The number of nitriles is 1. The van der Waals surface area contributed by atoms with Crippen molar-refractivity contribution in [2.75, 3.05) is 7.11 Å². The molecule has 0 saturated heterocycles. The number of nitrogens with zero attached hydrogens (tertiary/aromatic N) is 2. The molecule has 112 valence electrons. The first kappa shape index (κ1) is 15.3. The van der Waals surface area contributed by atoms with Crippen molar-refractivity contribution < 1.29 is 14.6 Å². The molecule has 0 aliphatic carbocycles. The van der Waals surface area contributed by atoms with Crippen LogP contribution in [0.1, 0.15) is 11.1 Å². The van der Waals surface area contributed by atoms with Crippen molar-refractivity contribution in [3.63, 3.8) is 0 Å². The maximum absolute atomic E-state index is 12.1. The van der Waals surface area contributed by atoms with E-state index in [1.54, 1.807) is 18.2 Å². The van der Waals surface area contributed by atoms with E-state index in [2.05, 4.69) is 6.07 Å². The van der Waals surface area contributed by atoms with Crippen LogP contribution in [0.4, 0.5) is 0 Å². The summed E-state index contributed by atoms with van der Waals surface area (Å²) < 4.78 is 6.30. The molecule has 1 N–H and O–H groups in total. The number of carbonyl (C=O) groups is 1. The standard InChI is InChI=1S/C16H14N2O4/c1-10-3-4-11(7-17)12(5-10)13-6-15(19)18(9-16(20)21)8-14(13)22-2/h3-6,8H,9H2,1-2H3,(H,20,21). The average Bonchev–Trinajstić information content (AvgIpc) is 2.48. The van der Waals surface area contributed by atoms with Crippen LogP contribution in [-0.2, 0) is 11.3 Å². The highest BCUT2D eigenvalue weighted by atomic mass is 16.5. The molecular weight excluding hydrogens is 284 g/mol. The maximum Gasteiger partial charge on any atom is 0.323 e. The molecule has 0 aliphatic rings. The van der Waals surface area contributed by atoms with E-state index in [0.29, 0.717) is 22.4 Å². The largest absolute Gasteiger partial charge is 0.495 e. The number of aliphatic carboxylic acids is 1. The van der Waals surface area contributed by atoms with E-state index in [-0.39, 0.29) is 0 Å². The Morgan fingerprint density at radius 2 is 2.09 bits per heavy atom. The van der Waals surface area contributed by atoms with Crippen molar-refractivity contribution in [3.8, 4) is 22.9 Å². The zero-order valence-electron chi connectivity index (χ0n) is 12.2. The highest BCUT2D eigenvalue weighted by Gasteiger charge is 2.14. The van der Waals surface area contributed by atoms with Gasteiger partial charge in [-0.2, -0.15) is 5.26 Å². The minimum atomic E-state index is -1.12. The Balaban J connectivity index is 2.69. The van der Waals surface area contributed by atoms with Crippen LogP contribution in [0.5, 0.6) is 5.75 Å². The lowest BCUT2D eigenvalue weighted by molar-refractivity contribution is -0.137. The fourth-order valence-electron chi connectivity index (χ4n) is 2.17. The van der Waals surface area contributed by atoms with E-state index in [9.17, 15) is 14.9 Å². The van der Waals surface area contributed by atoms with Gasteiger partial charge in [0.15, 0.2) is 0 Å². The zero-order chi connectivity index (χ0) is 16.3. The number of carboxylic acids is 1. The van der Waals surface area contributed by atoms with Gasteiger partial charge in [0.05, 0.1) is 24.9 Å². The lowest BCUT2D eigenvalue weighted by atomic mass is 9.98. The molecular formula is C16H14N2O4. The van der Waals surface area contributed by atoms with Gasteiger partial charge in [-0.1, -0.05) is 11.6 Å². The number of hydrogen-bond donors (Lipinski definition) is 1.